The molecule has 16 heteroatoms. The average Bonchev–Trinajstić information content (AvgIpc) is 3.07. The molecule has 0 amide bonds. The average molecular weight is 572 g/mol. The number of nitrogens with two attached hydrogens (primary N) is 1. The number of carbonyl (C=O) groups excluding carboxylic acids is 2. The van der Waals surface area contributed by atoms with Crippen LogP contribution in [0.1, 0.15) is 33.9 Å². The van der Waals surface area contributed by atoms with Crippen molar-refractivity contribution in [2.75, 3.05) is 12.3 Å². The summed E-state index contributed by atoms with van der Waals surface area (Å²) in [7, 11) is -2.75. The molecule has 0 bridgehead atoms. The monoisotopic (exact) mass is 572 g/mol. The summed E-state index contributed by atoms with van der Waals surface area (Å²) in [5, 5.41) is 0. The summed E-state index contributed by atoms with van der Waals surface area (Å²) in [5.74, 6) is -5.85. The van der Waals surface area contributed by atoms with Crippen molar-refractivity contribution in [3.63, 3.8) is 0 Å². The number of halogens is 2. The van der Waals surface area contributed by atoms with Gasteiger partial charge < -0.3 is 29.6 Å². The number of rotatable bonds is 10. The number of anilines is 1. The summed E-state index contributed by atoms with van der Waals surface area (Å²) in [6.45, 7) is 5.04. The first-order valence-electron chi connectivity index (χ1n) is 11.6. The smallest absolute Gasteiger partial charge is 0.395 e. The van der Waals surface area contributed by atoms with Gasteiger partial charge in [-0.3, -0.25) is 13.9 Å². The summed E-state index contributed by atoms with van der Waals surface area (Å²) in [4.78, 5) is 51.5. The normalized spacial score (nSPS) is 21.3. The summed E-state index contributed by atoms with van der Waals surface area (Å²) in [6.07, 6.45) is -5.26. The largest absolute Gasteiger partial charge is 0.575 e. The highest BCUT2D eigenvalue weighted by molar-refractivity contribution is 7.34. The highest BCUT2D eigenvalue weighted by atomic mass is 31.1. The zero-order valence-corrected chi connectivity index (χ0v) is 22.2. The van der Waals surface area contributed by atoms with Gasteiger partial charge in [-0.15, -0.1) is 0 Å². The van der Waals surface area contributed by atoms with Gasteiger partial charge in [0.15, 0.2) is 17.9 Å². The van der Waals surface area contributed by atoms with E-state index in [0.29, 0.717) is 4.57 Å². The number of ether oxygens (including phenoxy) is 4. The lowest BCUT2D eigenvalue weighted by atomic mass is 10.1. The number of hydrogen-bond donors (Lipinski definition) is 1. The number of aromatic nitrogens is 2. The van der Waals surface area contributed by atoms with E-state index in [1.807, 2.05) is 0 Å². The Balaban J connectivity index is 1.79. The van der Waals surface area contributed by atoms with Crippen LogP contribution in [0.2, 0.25) is 0 Å². The molecule has 1 aliphatic rings. The van der Waals surface area contributed by atoms with Crippen molar-refractivity contribution in [3.05, 3.63) is 47.0 Å². The van der Waals surface area contributed by atoms with Crippen LogP contribution in [0.15, 0.2) is 46.1 Å². The zero-order chi connectivity index (χ0) is 28.9. The number of nitrogens with zero attached hydrogens (tertiary/aromatic N) is 3. The van der Waals surface area contributed by atoms with Crippen molar-refractivity contribution in [1.82, 2.24) is 9.55 Å². The van der Waals surface area contributed by atoms with Crippen LogP contribution >= 0.6 is 8.17 Å². The Morgan fingerprint density at radius 2 is 1.92 bits per heavy atom. The second kappa shape index (κ2) is 12.5. The third-order valence-corrected chi connectivity index (χ3v) is 6.02. The van der Waals surface area contributed by atoms with E-state index in [0.717, 1.165) is 19.2 Å². The third kappa shape index (κ3) is 7.46. The molecule has 0 radical (unpaired) electrons. The molecule has 1 fully saturated rings. The number of benzene rings is 1. The van der Waals surface area contributed by atoms with E-state index in [1.165, 1.54) is 31.2 Å². The fourth-order valence-corrected chi connectivity index (χ4v) is 4.22. The topological polar surface area (TPSA) is 177 Å². The number of esters is 2. The molecule has 13 nitrogen and oxygen atoms in total. The molecule has 0 spiro atoms. The molecule has 0 saturated carbocycles. The molecule has 39 heavy (non-hydrogen) atoms. The van der Waals surface area contributed by atoms with E-state index in [4.69, 9.17) is 29.2 Å². The minimum atomic E-state index is -3.86. The molecular weight excluding hydrogens is 545 g/mol. The summed E-state index contributed by atoms with van der Waals surface area (Å²) in [6, 6.07) is 5.89. The van der Waals surface area contributed by atoms with E-state index in [9.17, 15) is 19.3 Å². The Labute approximate surface area is 222 Å². The molecule has 1 saturated heterocycles. The number of nitrogen functional groups attached to an aromatic ring is 1. The Kier molecular flexibility index (Phi) is 9.54. The van der Waals surface area contributed by atoms with E-state index in [2.05, 4.69) is 9.73 Å². The highest BCUT2D eigenvalue weighted by Gasteiger charge is 2.62. The van der Waals surface area contributed by atoms with Crippen LogP contribution in [-0.4, -0.2) is 58.4 Å². The molecule has 1 aromatic carbocycles. The maximum Gasteiger partial charge on any atom is 0.395 e. The van der Waals surface area contributed by atoms with Gasteiger partial charge in [-0.25, -0.2) is 9.59 Å². The number of carbonyl (C=O) groups is 2. The predicted molar refractivity (Wildman–Crippen MR) is 130 cm³/mol. The molecule has 5 atom stereocenters. The van der Waals surface area contributed by atoms with Gasteiger partial charge in [-0.05, 0) is 39.0 Å². The Hall–Kier alpha value is -3.68. The van der Waals surface area contributed by atoms with Gasteiger partial charge in [0, 0.05) is 13.1 Å². The molecule has 2 aromatic rings. The number of para-hydroxylation sites is 2. The van der Waals surface area contributed by atoms with Gasteiger partial charge in [-0.2, -0.15) is 13.8 Å². The minimum absolute atomic E-state index is 0.0308. The van der Waals surface area contributed by atoms with Crippen molar-refractivity contribution < 1.29 is 46.7 Å². The molecule has 2 N–H and O–H groups in total. The van der Waals surface area contributed by atoms with Crippen LogP contribution in [0.3, 0.4) is 0 Å². The first kappa shape index (κ1) is 29.9. The molecule has 3 rings (SSSR count). The van der Waals surface area contributed by atoms with Crippen LogP contribution in [0.5, 0.6) is 11.5 Å². The van der Waals surface area contributed by atoms with E-state index in [1.54, 1.807) is 13.8 Å². The summed E-state index contributed by atoms with van der Waals surface area (Å²) >= 11 is 0. The molecule has 2 unspecified atom stereocenters. The van der Waals surface area contributed by atoms with Crippen molar-refractivity contribution in [1.29, 1.82) is 0 Å². The number of alkyl halides is 2. The quantitative estimate of drug-likeness (QED) is 0.325. The zero-order valence-electron chi connectivity index (χ0n) is 21.4. The van der Waals surface area contributed by atoms with Gasteiger partial charge in [0.05, 0.1) is 6.10 Å². The Morgan fingerprint density at radius 1 is 1.26 bits per heavy atom. The van der Waals surface area contributed by atoms with Crippen molar-refractivity contribution in [2.45, 2.75) is 64.2 Å². The molecule has 2 heterocycles. The highest BCUT2D eigenvalue weighted by Crippen LogP contribution is 2.44. The van der Waals surface area contributed by atoms with Crippen molar-refractivity contribution in [3.8, 4) is 11.5 Å². The van der Waals surface area contributed by atoms with Gasteiger partial charge in [0.25, 0.3) is 0 Å². The van der Waals surface area contributed by atoms with Crippen molar-refractivity contribution >= 4 is 25.9 Å². The maximum absolute atomic E-state index is 15.3. The van der Waals surface area contributed by atoms with Crippen LogP contribution in [-0.2, 0) is 23.8 Å². The van der Waals surface area contributed by atoms with Crippen LogP contribution in [0, 0.1) is 0 Å². The predicted octanol–water partition coefficient (Wildman–Crippen LogP) is 1.94. The van der Waals surface area contributed by atoms with E-state index >= 15 is 8.78 Å². The fourth-order valence-electron chi connectivity index (χ4n) is 3.48. The molecule has 0 aliphatic carbocycles. The lowest BCUT2D eigenvalue weighted by Gasteiger charge is -2.23. The van der Waals surface area contributed by atoms with Gasteiger partial charge in [0.1, 0.15) is 18.5 Å². The molecule has 1 aromatic heterocycles. The first-order chi connectivity index (χ1) is 18.3. The SMILES string of the molecule is CC(=O)O[C@@H]1[C@@H](COc2ccccc2O[P+]([O-])=N[C@@H](C)C(=O)OC(C)C)OC(n2ccc(N)nc2=O)C1(F)F. The number of hydrogen-bond acceptors (Lipinski definition) is 12. The van der Waals surface area contributed by atoms with E-state index in [-0.39, 0.29) is 17.3 Å². The van der Waals surface area contributed by atoms with E-state index < -0.39 is 68.9 Å². The summed E-state index contributed by atoms with van der Waals surface area (Å²) < 4.78 is 61.1. The lowest BCUT2D eigenvalue weighted by Crippen LogP contribution is -2.44. The second-order valence-electron chi connectivity index (χ2n) is 8.64. The maximum atomic E-state index is 15.3. The second-order valence-corrected chi connectivity index (χ2v) is 9.53. The Bertz CT molecular complexity index is 1290. The minimum Gasteiger partial charge on any atom is -0.575 e. The molecule has 212 valence electrons. The van der Waals surface area contributed by atoms with Crippen LogP contribution in [0.25, 0.3) is 0 Å². The Morgan fingerprint density at radius 3 is 2.54 bits per heavy atom. The van der Waals surface area contributed by atoms with Crippen LogP contribution in [0.4, 0.5) is 14.6 Å². The van der Waals surface area contributed by atoms with Gasteiger partial charge >= 0.3 is 31.7 Å². The fraction of sp³-hybridized carbons (Fsp3) is 0.478. The van der Waals surface area contributed by atoms with Crippen LogP contribution < -0.4 is 25.6 Å². The van der Waals surface area contributed by atoms with Gasteiger partial charge in [0.2, 0.25) is 12.0 Å². The standard InChI is InChI=1S/C23H27F2N4O9P/c1-12(2)35-20(31)13(3)28-39(33)38-16-8-6-5-7-15(16)34-11-17-19(36-14(4)30)23(24,25)21(37-17)29-10-9-18(26)27-22(29)32/h5-10,12-13,17,19,21H,11H2,1-4H3,(H2,26,27,32)/t13-,17+,19+,21?/m0/s1. The molecule has 1 aliphatic heterocycles. The lowest BCUT2D eigenvalue weighted by molar-refractivity contribution is -0.174. The first-order valence-corrected chi connectivity index (χ1v) is 12.8. The summed E-state index contributed by atoms with van der Waals surface area (Å²) in [5.41, 5.74) is 4.33. The van der Waals surface area contributed by atoms with Gasteiger partial charge in [-0.1, -0.05) is 16.9 Å². The molecular formula is C23H27F2N4O9P. The third-order valence-electron chi connectivity index (χ3n) is 5.14. The van der Waals surface area contributed by atoms with Crippen molar-refractivity contribution in [2.24, 2.45) is 4.74 Å².